The van der Waals surface area contributed by atoms with Crippen LogP contribution in [0.1, 0.15) is 58.3 Å². The molecule has 0 aromatic carbocycles. The highest BCUT2D eigenvalue weighted by atomic mass is 127. The third-order valence-corrected chi connectivity index (χ3v) is 6.26. The minimum atomic E-state index is 0. The number of hydrogen-bond donors (Lipinski definition) is 1. The summed E-state index contributed by atoms with van der Waals surface area (Å²) in [6.07, 6.45) is 10.7. The second kappa shape index (κ2) is 11.1. The van der Waals surface area contributed by atoms with Crippen LogP contribution in [0.25, 0.3) is 0 Å². The molecular formula is C20H38IN3O2. The van der Waals surface area contributed by atoms with Gasteiger partial charge in [-0.3, -0.25) is 4.99 Å². The standard InChI is InChI=1S/C20H37N3O2.HI/c1-3-21-19(22-16-20(10-4-11-20)17-6-7-17)23-12-8-18(9-13-23)25-15-5-14-24-2;/h17-18H,3-16H2,1-2H3,(H,21,22);1H. The molecule has 3 rings (SSSR count). The van der Waals surface area contributed by atoms with Gasteiger partial charge < -0.3 is 19.7 Å². The summed E-state index contributed by atoms with van der Waals surface area (Å²) in [5, 5.41) is 3.53. The number of ether oxygens (including phenoxy) is 2. The highest BCUT2D eigenvalue weighted by molar-refractivity contribution is 14.0. The zero-order chi connectivity index (χ0) is 17.5. The van der Waals surface area contributed by atoms with Crippen LogP contribution >= 0.6 is 24.0 Å². The topological polar surface area (TPSA) is 46.1 Å². The fraction of sp³-hybridized carbons (Fsp3) is 0.950. The summed E-state index contributed by atoms with van der Waals surface area (Å²) < 4.78 is 11.1. The fourth-order valence-electron chi connectivity index (χ4n) is 4.37. The lowest BCUT2D eigenvalue weighted by Gasteiger charge is -2.42. The second-order valence-corrected chi connectivity index (χ2v) is 8.06. The maximum atomic E-state index is 5.99. The third kappa shape index (κ3) is 5.96. The van der Waals surface area contributed by atoms with E-state index >= 15 is 0 Å². The van der Waals surface area contributed by atoms with Crippen LogP contribution in [-0.2, 0) is 9.47 Å². The molecule has 1 heterocycles. The van der Waals surface area contributed by atoms with Gasteiger partial charge in [0.1, 0.15) is 0 Å². The van der Waals surface area contributed by atoms with Crippen LogP contribution < -0.4 is 5.32 Å². The van der Waals surface area contributed by atoms with E-state index < -0.39 is 0 Å². The molecule has 0 unspecified atom stereocenters. The summed E-state index contributed by atoms with van der Waals surface area (Å²) in [4.78, 5) is 7.52. The van der Waals surface area contributed by atoms with Gasteiger partial charge in [0, 0.05) is 46.5 Å². The van der Waals surface area contributed by atoms with Crippen molar-refractivity contribution in [1.82, 2.24) is 10.2 Å². The Morgan fingerprint density at radius 1 is 1.15 bits per heavy atom. The van der Waals surface area contributed by atoms with Gasteiger partial charge in [-0.15, -0.1) is 24.0 Å². The Morgan fingerprint density at radius 3 is 2.42 bits per heavy atom. The molecule has 3 fully saturated rings. The van der Waals surface area contributed by atoms with Gasteiger partial charge in [0.15, 0.2) is 5.96 Å². The molecule has 0 bridgehead atoms. The maximum Gasteiger partial charge on any atom is 0.193 e. The lowest BCUT2D eigenvalue weighted by atomic mass is 9.65. The maximum absolute atomic E-state index is 5.99. The zero-order valence-electron chi connectivity index (χ0n) is 16.7. The minimum Gasteiger partial charge on any atom is -0.385 e. The molecule has 26 heavy (non-hydrogen) atoms. The summed E-state index contributed by atoms with van der Waals surface area (Å²) in [6, 6.07) is 0. The van der Waals surface area contributed by atoms with Gasteiger partial charge in [0.05, 0.1) is 6.10 Å². The van der Waals surface area contributed by atoms with Crippen molar-refractivity contribution >= 4 is 29.9 Å². The normalized spacial score (nSPS) is 23.3. The molecule has 152 valence electrons. The van der Waals surface area contributed by atoms with Crippen LogP contribution in [0.4, 0.5) is 0 Å². The molecule has 1 saturated heterocycles. The average Bonchev–Trinajstić information content (AvgIpc) is 3.43. The van der Waals surface area contributed by atoms with Gasteiger partial charge in [0.25, 0.3) is 0 Å². The first kappa shape index (κ1) is 22.2. The number of piperidine rings is 1. The highest BCUT2D eigenvalue weighted by Gasteiger charge is 2.48. The van der Waals surface area contributed by atoms with Gasteiger partial charge in [-0.25, -0.2) is 0 Å². The highest BCUT2D eigenvalue weighted by Crippen LogP contribution is 2.57. The van der Waals surface area contributed by atoms with Crippen molar-refractivity contribution in [2.75, 3.05) is 46.5 Å². The molecular weight excluding hydrogens is 441 g/mol. The predicted octanol–water partition coefficient (Wildman–Crippen LogP) is 3.67. The summed E-state index contributed by atoms with van der Waals surface area (Å²) >= 11 is 0. The lowest BCUT2D eigenvalue weighted by molar-refractivity contribution is 0.00980. The van der Waals surface area contributed by atoms with E-state index in [1.54, 1.807) is 7.11 Å². The Labute approximate surface area is 176 Å². The molecule has 3 aliphatic rings. The van der Waals surface area contributed by atoms with Crippen LogP contribution in [0, 0.1) is 11.3 Å². The largest absolute Gasteiger partial charge is 0.385 e. The van der Waals surface area contributed by atoms with E-state index in [9.17, 15) is 0 Å². The lowest BCUT2D eigenvalue weighted by Crippen LogP contribution is -2.48. The Kier molecular flexibility index (Phi) is 9.44. The fourth-order valence-corrected chi connectivity index (χ4v) is 4.37. The Bertz CT molecular complexity index is 431. The molecule has 0 radical (unpaired) electrons. The Morgan fingerprint density at radius 2 is 1.88 bits per heavy atom. The molecule has 0 aromatic heterocycles. The molecule has 2 saturated carbocycles. The number of likely N-dealkylation sites (tertiary alicyclic amines) is 1. The number of aliphatic imine (C=N–C) groups is 1. The first-order chi connectivity index (χ1) is 12.3. The average molecular weight is 479 g/mol. The van der Waals surface area contributed by atoms with E-state index in [0.29, 0.717) is 11.5 Å². The Hall–Kier alpha value is -0.0800. The summed E-state index contributed by atoms with van der Waals surface area (Å²) in [5.74, 6) is 2.10. The number of nitrogens with one attached hydrogen (secondary N) is 1. The quantitative estimate of drug-likeness (QED) is 0.237. The van der Waals surface area contributed by atoms with E-state index in [4.69, 9.17) is 14.5 Å². The van der Waals surface area contributed by atoms with Crippen molar-refractivity contribution in [3.8, 4) is 0 Å². The number of rotatable bonds is 9. The van der Waals surface area contributed by atoms with Crippen LogP contribution in [0.3, 0.4) is 0 Å². The van der Waals surface area contributed by atoms with Gasteiger partial charge in [-0.05, 0) is 63.2 Å². The smallest absolute Gasteiger partial charge is 0.193 e. The molecule has 2 aliphatic carbocycles. The van der Waals surface area contributed by atoms with Crippen LogP contribution in [-0.4, -0.2) is 63.5 Å². The zero-order valence-corrected chi connectivity index (χ0v) is 19.0. The van der Waals surface area contributed by atoms with Crippen molar-refractivity contribution < 1.29 is 9.47 Å². The van der Waals surface area contributed by atoms with E-state index in [1.165, 1.54) is 32.1 Å². The number of nitrogens with zero attached hydrogens (tertiary/aromatic N) is 2. The third-order valence-electron chi connectivity index (χ3n) is 6.26. The SMILES string of the molecule is CCNC(=NCC1(C2CC2)CCC1)N1CCC(OCCCOC)CC1.I. The van der Waals surface area contributed by atoms with E-state index in [1.807, 2.05) is 0 Å². The van der Waals surface area contributed by atoms with Gasteiger partial charge in [-0.1, -0.05) is 6.42 Å². The summed E-state index contributed by atoms with van der Waals surface area (Å²) in [6.45, 7) is 7.86. The van der Waals surface area contributed by atoms with Gasteiger partial charge >= 0.3 is 0 Å². The van der Waals surface area contributed by atoms with Crippen molar-refractivity contribution in [3.63, 3.8) is 0 Å². The molecule has 0 aromatic rings. The van der Waals surface area contributed by atoms with Gasteiger partial charge in [0.2, 0.25) is 0 Å². The van der Waals surface area contributed by atoms with E-state index in [2.05, 4.69) is 17.1 Å². The molecule has 5 nitrogen and oxygen atoms in total. The van der Waals surface area contributed by atoms with Crippen molar-refractivity contribution in [2.24, 2.45) is 16.3 Å². The van der Waals surface area contributed by atoms with Crippen LogP contribution in [0.2, 0.25) is 0 Å². The number of halogens is 1. The number of guanidine groups is 1. The first-order valence-electron chi connectivity index (χ1n) is 10.4. The van der Waals surface area contributed by atoms with Crippen molar-refractivity contribution in [2.45, 2.75) is 64.4 Å². The van der Waals surface area contributed by atoms with Crippen molar-refractivity contribution in [3.05, 3.63) is 0 Å². The molecule has 0 atom stereocenters. The van der Waals surface area contributed by atoms with E-state index in [-0.39, 0.29) is 24.0 Å². The summed E-state index contributed by atoms with van der Waals surface area (Å²) in [5.41, 5.74) is 0.559. The first-order valence-corrected chi connectivity index (χ1v) is 10.4. The molecule has 1 aliphatic heterocycles. The molecule has 0 spiro atoms. The second-order valence-electron chi connectivity index (χ2n) is 8.06. The number of methoxy groups -OCH3 is 1. The number of hydrogen-bond acceptors (Lipinski definition) is 3. The predicted molar refractivity (Wildman–Crippen MR) is 117 cm³/mol. The molecule has 0 amide bonds. The van der Waals surface area contributed by atoms with Crippen molar-refractivity contribution in [1.29, 1.82) is 0 Å². The van der Waals surface area contributed by atoms with Gasteiger partial charge in [-0.2, -0.15) is 0 Å². The monoisotopic (exact) mass is 479 g/mol. The minimum absolute atomic E-state index is 0. The Balaban J connectivity index is 0.00000243. The van der Waals surface area contributed by atoms with Crippen LogP contribution in [0.15, 0.2) is 4.99 Å². The van der Waals surface area contributed by atoms with Crippen LogP contribution in [0.5, 0.6) is 0 Å². The summed E-state index contributed by atoms with van der Waals surface area (Å²) in [7, 11) is 1.75. The van der Waals surface area contributed by atoms with E-state index in [0.717, 1.165) is 70.5 Å². The molecule has 1 N–H and O–H groups in total. The molecule has 6 heteroatoms.